The van der Waals surface area contributed by atoms with E-state index in [1.165, 1.54) is 50.5 Å². The molecule has 5 aliphatic carbocycles. The fraction of sp³-hybridized carbons (Fsp3) is 0.821. The molecule has 0 saturated heterocycles. The lowest BCUT2D eigenvalue weighted by Gasteiger charge is -2.59. The first kappa shape index (κ1) is 22.5. The number of aliphatic hydroxyl groups excluding tert-OH is 1. The lowest BCUT2D eigenvalue weighted by atomic mass is 9.46. The number of fused-ring (bicyclic) bond motifs is 5. The van der Waals surface area contributed by atoms with E-state index >= 15 is 0 Å². The number of allylic oxidation sites excluding steroid dienone is 1. The minimum Gasteiger partial charge on any atom is -0.389 e. The predicted octanol–water partition coefficient (Wildman–Crippen LogP) is 6.40. The molecule has 1 aromatic heterocycles. The van der Waals surface area contributed by atoms with Crippen molar-refractivity contribution in [3.63, 3.8) is 0 Å². The van der Waals surface area contributed by atoms with Crippen LogP contribution in [0.25, 0.3) is 0 Å². The SMILES string of the molecule is C[C@]12CC[C@H](O)C=C1CC[C@@H]1[C@@H]2CC[C@@]2(C)[C@H]1CC[C@]2(O)c1csc(NC2CCCCC2)n1. The molecule has 33 heavy (non-hydrogen) atoms. The standard InChI is InChI=1S/C28H42N2O2S/c1-26-13-10-20(31)16-18(26)8-9-21-22(26)11-14-27(2)23(21)12-15-28(27,32)24-17-33-25(30-24)29-19-6-4-3-5-7-19/h16-17,19-23,31-32H,3-15H2,1-2H3,(H,29,30)/t20-,21+,22-,23-,26-,27-,28-/m0/s1. The van der Waals surface area contributed by atoms with Crippen molar-refractivity contribution in [2.45, 2.75) is 115 Å². The molecule has 7 atom stereocenters. The van der Waals surface area contributed by atoms with Crippen LogP contribution in [-0.4, -0.2) is 27.3 Å². The first-order valence-corrected chi connectivity index (χ1v) is 14.6. The van der Waals surface area contributed by atoms with Crippen LogP contribution in [0.5, 0.6) is 0 Å². The minimum absolute atomic E-state index is 0.0872. The van der Waals surface area contributed by atoms with E-state index in [2.05, 4.69) is 30.6 Å². The first-order valence-electron chi connectivity index (χ1n) is 13.7. The summed E-state index contributed by atoms with van der Waals surface area (Å²) in [6, 6.07) is 0.550. The molecule has 0 aromatic carbocycles. The Morgan fingerprint density at radius 1 is 0.970 bits per heavy atom. The number of thiazole rings is 1. The van der Waals surface area contributed by atoms with Gasteiger partial charge in [0.1, 0.15) is 5.60 Å². The molecule has 6 rings (SSSR count). The highest BCUT2D eigenvalue weighted by Gasteiger charge is 2.65. The summed E-state index contributed by atoms with van der Waals surface area (Å²) in [4.78, 5) is 5.01. The van der Waals surface area contributed by atoms with Crippen LogP contribution in [0, 0.1) is 28.6 Å². The highest BCUT2D eigenvalue weighted by Crippen LogP contribution is 2.69. The van der Waals surface area contributed by atoms with Gasteiger partial charge in [0.2, 0.25) is 0 Å². The second-order valence-electron chi connectivity index (χ2n) is 12.5. The van der Waals surface area contributed by atoms with E-state index in [9.17, 15) is 10.2 Å². The number of aromatic nitrogens is 1. The van der Waals surface area contributed by atoms with Gasteiger partial charge in [-0.1, -0.05) is 44.8 Å². The van der Waals surface area contributed by atoms with Crippen LogP contribution in [-0.2, 0) is 5.60 Å². The van der Waals surface area contributed by atoms with E-state index in [1.54, 1.807) is 11.3 Å². The van der Waals surface area contributed by atoms with Crippen molar-refractivity contribution in [1.29, 1.82) is 0 Å². The maximum Gasteiger partial charge on any atom is 0.183 e. The number of nitrogens with one attached hydrogen (secondary N) is 1. The molecule has 1 heterocycles. The average molecular weight is 471 g/mol. The van der Waals surface area contributed by atoms with Gasteiger partial charge in [0.05, 0.1) is 11.8 Å². The number of rotatable bonds is 3. The molecule has 0 aliphatic heterocycles. The summed E-state index contributed by atoms with van der Waals surface area (Å²) in [6.07, 6.45) is 17.1. The third-order valence-electron chi connectivity index (χ3n) is 11.1. The van der Waals surface area contributed by atoms with Crippen molar-refractivity contribution < 1.29 is 10.2 Å². The summed E-state index contributed by atoms with van der Waals surface area (Å²) >= 11 is 1.69. The van der Waals surface area contributed by atoms with Crippen molar-refractivity contribution in [2.24, 2.45) is 28.6 Å². The van der Waals surface area contributed by atoms with Gasteiger partial charge in [0, 0.05) is 16.8 Å². The molecule has 1 aromatic rings. The second kappa shape index (κ2) is 8.06. The maximum atomic E-state index is 12.2. The molecule has 4 saturated carbocycles. The highest BCUT2D eigenvalue weighted by molar-refractivity contribution is 7.13. The van der Waals surface area contributed by atoms with Crippen LogP contribution in [0.3, 0.4) is 0 Å². The second-order valence-corrected chi connectivity index (χ2v) is 13.4. The smallest absolute Gasteiger partial charge is 0.183 e. The van der Waals surface area contributed by atoms with Crippen LogP contribution >= 0.6 is 11.3 Å². The molecule has 182 valence electrons. The summed E-state index contributed by atoms with van der Waals surface area (Å²) in [5.74, 6) is 1.96. The van der Waals surface area contributed by atoms with E-state index in [1.807, 2.05) is 0 Å². The van der Waals surface area contributed by atoms with E-state index < -0.39 is 5.60 Å². The van der Waals surface area contributed by atoms with Crippen LogP contribution in [0.2, 0.25) is 0 Å². The van der Waals surface area contributed by atoms with Crippen LogP contribution in [0.4, 0.5) is 5.13 Å². The Morgan fingerprint density at radius 3 is 2.58 bits per heavy atom. The monoisotopic (exact) mass is 470 g/mol. The Morgan fingerprint density at radius 2 is 1.76 bits per heavy atom. The van der Waals surface area contributed by atoms with Gasteiger partial charge in [-0.05, 0) is 87.4 Å². The number of anilines is 1. The number of nitrogens with zero attached hydrogens (tertiary/aromatic N) is 1. The van der Waals surface area contributed by atoms with Crippen molar-refractivity contribution in [1.82, 2.24) is 4.98 Å². The largest absolute Gasteiger partial charge is 0.389 e. The fourth-order valence-electron chi connectivity index (χ4n) is 9.10. The van der Waals surface area contributed by atoms with Crippen molar-refractivity contribution in [2.75, 3.05) is 5.32 Å². The van der Waals surface area contributed by atoms with Gasteiger partial charge < -0.3 is 15.5 Å². The van der Waals surface area contributed by atoms with Crippen molar-refractivity contribution in [3.8, 4) is 0 Å². The fourth-order valence-corrected chi connectivity index (χ4v) is 9.95. The third kappa shape index (κ3) is 3.39. The summed E-state index contributed by atoms with van der Waals surface area (Å²) in [5.41, 5.74) is 1.82. The zero-order valence-electron chi connectivity index (χ0n) is 20.5. The summed E-state index contributed by atoms with van der Waals surface area (Å²) < 4.78 is 0. The lowest BCUT2D eigenvalue weighted by molar-refractivity contribution is -0.134. The minimum atomic E-state index is -0.800. The number of hydrogen-bond acceptors (Lipinski definition) is 5. The summed E-state index contributed by atoms with van der Waals surface area (Å²) in [7, 11) is 0. The Bertz CT molecular complexity index is 923. The zero-order chi connectivity index (χ0) is 22.8. The molecule has 4 nitrogen and oxygen atoms in total. The van der Waals surface area contributed by atoms with Crippen LogP contribution in [0.15, 0.2) is 17.0 Å². The Balaban J connectivity index is 1.24. The first-order chi connectivity index (χ1) is 15.8. The molecule has 5 heteroatoms. The van der Waals surface area contributed by atoms with Gasteiger partial charge in [0.25, 0.3) is 0 Å². The summed E-state index contributed by atoms with van der Waals surface area (Å²) in [6.45, 7) is 4.86. The number of aliphatic hydroxyl groups is 2. The molecular weight excluding hydrogens is 428 g/mol. The van der Waals surface area contributed by atoms with Crippen LogP contribution in [0.1, 0.15) is 103 Å². The van der Waals surface area contributed by atoms with Crippen LogP contribution < -0.4 is 5.32 Å². The maximum absolute atomic E-state index is 12.2. The third-order valence-corrected chi connectivity index (χ3v) is 11.9. The zero-order valence-corrected chi connectivity index (χ0v) is 21.3. The Kier molecular flexibility index (Phi) is 5.51. The van der Waals surface area contributed by atoms with E-state index in [-0.39, 0.29) is 16.9 Å². The quantitative estimate of drug-likeness (QED) is 0.447. The van der Waals surface area contributed by atoms with Gasteiger partial charge in [-0.15, -0.1) is 11.3 Å². The van der Waals surface area contributed by atoms with Gasteiger partial charge in [-0.25, -0.2) is 4.98 Å². The van der Waals surface area contributed by atoms with Gasteiger partial charge >= 0.3 is 0 Å². The summed E-state index contributed by atoms with van der Waals surface area (Å²) in [5, 5.41) is 29.3. The Labute approximate surface area is 203 Å². The van der Waals surface area contributed by atoms with Gasteiger partial charge in [0.15, 0.2) is 5.13 Å². The molecule has 3 N–H and O–H groups in total. The molecule has 5 aliphatic rings. The molecular formula is C28H42N2O2S. The van der Waals surface area contributed by atoms with E-state index in [0.717, 1.165) is 49.4 Å². The molecule has 0 bridgehead atoms. The molecule has 0 spiro atoms. The molecule has 0 amide bonds. The lowest BCUT2D eigenvalue weighted by Crippen LogP contribution is -2.54. The predicted molar refractivity (Wildman–Crippen MR) is 134 cm³/mol. The Hall–Kier alpha value is -0.910. The molecule has 0 radical (unpaired) electrons. The highest BCUT2D eigenvalue weighted by atomic mass is 32.1. The van der Waals surface area contributed by atoms with Crippen molar-refractivity contribution >= 4 is 16.5 Å². The van der Waals surface area contributed by atoms with Gasteiger partial charge in [-0.2, -0.15) is 0 Å². The van der Waals surface area contributed by atoms with E-state index in [4.69, 9.17) is 4.98 Å². The topological polar surface area (TPSA) is 65.4 Å². The average Bonchev–Trinajstić information content (AvgIpc) is 3.38. The number of hydrogen-bond donors (Lipinski definition) is 3. The van der Waals surface area contributed by atoms with Gasteiger partial charge in [-0.3, -0.25) is 0 Å². The van der Waals surface area contributed by atoms with E-state index in [0.29, 0.717) is 23.8 Å². The van der Waals surface area contributed by atoms with Crippen molar-refractivity contribution in [3.05, 3.63) is 22.7 Å². The normalized spacial score (nSPS) is 45.6. The molecule has 0 unspecified atom stereocenters. The molecule has 4 fully saturated rings.